The summed E-state index contributed by atoms with van der Waals surface area (Å²) in [6.07, 6.45) is 4.31. The minimum Gasteiger partial charge on any atom is -0.290 e. The molecule has 0 bridgehead atoms. The summed E-state index contributed by atoms with van der Waals surface area (Å²) in [7, 11) is 0. The number of benzene rings is 1. The number of hydrogen-bond donors (Lipinski definition) is 0. The van der Waals surface area contributed by atoms with Gasteiger partial charge in [0, 0.05) is 31.4 Å². The molecule has 1 aliphatic carbocycles. The van der Waals surface area contributed by atoms with Crippen LogP contribution >= 0.6 is 0 Å². The highest BCUT2D eigenvalue weighted by atomic mass is 16.1. The Labute approximate surface area is 160 Å². The molecule has 0 saturated heterocycles. The van der Waals surface area contributed by atoms with Crippen molar-refractivity contribution in [2.24, 2.45) is 0 Å². The van der Waals surface area contributed by atoms with Crippen molar-refractivity contribution in [2.45, 2.75) is 58.7 Å². The molecular formula is C23H27N3O. The molecule has 3 aromatic rings. The molecule has 2 heterocycles. The van der Waals surface area contributed by atoms with Gasteiger partial charge in [0.1, 0.15) is 5.65 Å². The zero-order valence-electron chi connectivity index (χ0n) is 16.4. The SMILES string of the molecule is Cc1ccc2nc(CN(Cc3ccc(C(C)C)cc3)C3CC3)cc(=O)n2c1. The Kier molecular flexibility index (Phi) is 4.83. The summed E-state index contributed by atoms with van der Waals surface area (Å²) in [5, 5.41) is 0. The highest BCUT2D eigenvalue weighted by Gasteiger charge is 2.29. The number of nitrogens with zero attached hydrogens (tertiary/aromatic N) is 3. The van der Waals surface area contributed by atoms with Crippen molar-refractivity contribution in [1.82, 2.24) is 14.3 Å². The third-order valence-corrected chi connectivity index (χ3v) is 5.32. The second-order valence-electron chi connectivity index (χ2n) is 8.05. The lowest BCUT2D eigenvalue weighted by Crippen LogP contribution is -2.27. The van der Waals surface area contributed by atoms with Gasteiger partial charge in [-0.15, -0.1) is 0 Å². The molecule has 0 N–H and O–H groups in total. The maximum absolute atomic E-state index is 12.5. The molecule has 1 aromatic carbocycles. The van der Waals surface area contributed by atoms with Gasteiger partial charge in [-0.3, -0.25) is 14.1 Å². The van der Waals surface area contributed by atoms with E-state index in [-0.39, 0.29) is 5.56 Å². The maximum Gasteiger partial charge on any atom is 0.258 e. The standard InChI is InChI=1S/C23H27N3O/c1-16(2)19-7-5-18(6-8-19)14-25(21-9-10-21)15-20-12-23(27)26-13-17(3)4-11-22(26)24-20/h4-8,11-13,16,21H,9-10,14-15H2,1-3H3. The van der Waals surface area contributed by atoms with E-state index in [9.17, 15) is 4.79 Å². The fraction of sp³-hybridized carbons (Fsp3) is 0.391. The van der Waals surface area contributed by atoms with E-state index in [1.165, 1.54) is 24.0 Å². The first kappa shape index (κ1) is 17.9. The molecule has 27 heavy (non-hydrogen) atoms. The Balaban J connectivity index is 1.56. The number of fused-ring (bicyclic) bond motifs is 1. The van der Waals surface area contributed by atoms with Crippen LogP contribution in [0.25, 0.3) is 5.65 Å². The van der Waals surface area contributed by atoms with Crippen molar-refractivity contribution >= 4 is 5.65 Å². The van der Waals surface area contributed by atoms with Crippen molar-refractivity contribution in [2.75, 3.05) is 0 Å². The number of aromatic nitrogens is 2. The highest BCUT2D eigenvalue weighted by molar-refractivity contribution is 5.40. The van der Waals surface area contributed by atoms with Gasteiger partial charge in [0.05, 0.1) is 5.69 Å². The van der Waals surface area contributed by atoms with Crippen molar-refractivity contribution in [3.8, 4) is 0 Å². The smallest absolute Gasteiger partial charge is 0.258 e. The molecule has 1 fully saturated rings. The molecule has 4 nitrogen and oxygen atoms in total. The van der Waals surface area contributed by atoms with Crippen LogP contribution in [0.5, 0.6) is 0 Å². The maximum atomic E-state index is 12.5. The molecule has 0 unspecified atom stereocenters. The lowest BCUT2D eigenvalue weighted by Gasteiger charge is -2.22. The topological polar surface area (TPSA) is 37.6 Å². The van der Waals surface area contributed by atoms with Gasteiger partial charge in [-0.1, -0.05) is 44.2 Å². The predicted octanol–water partition coefficient (Wildman–Crippen LogP) is 4.29. The summed E-state index contributed by atoms with van der Waals surface area (Å²) in [5.74, 6) is 0.553. The van der Waals surface area contributed by atoms with E-state index in [2.05, 4.69) is 43.0 Å². The summed E-state index contributed by atoms with van der Waals surface area (Å²) in [4.78, 5) is 19.7. The van der Waals surface area contributed by atoms with Crippen LogP contribution in [-0.4, -0.2) is 20.3 Å². The quantitative estimate of drug-likeness (QED) is 0.657. The molecule has 4 heteroatoms. The third kappa shape index (κ3) is 4.11. The highest BCUT2D eigenvalue weighted by Crippen LogP contribution is 2.29. The molecule has 140 valence electrons. The van der Waals surface area contributed by atoms with Crippen LogP contribution in [0.15, 0.2) is 53.5 Å². The van der Waals surface area contributed by atoms with E-state index in [0.717, 1.165) is 30.0 Å². The third-order valence-electron chi connectivity index (χ3n) is 5.32. The normalized spacial score (nSPS) is 14.4. The Morgan fingerprint density at radius 3 is 2.52 bits per heavy atom. The van der Waals surface area contributed by atoms with Crippen LogP contribution in [0.4, 0.5) is 0 Å². The van der Waals surface area contributed by atoms with Gasteiger partial charge in [-0.05, 0) is 48.4 Å². The summed E-state index contributed by atoms with van der Waals surface area (Å²) in [5.41, 5.74) is 5.32. The first-order valence-electron chi connectivity index (χ1n) is 9.81. The largest absolute Gasteiger partial charge is 0.290 e. The molecule has 0 atom stereocenters. The van der Waals surface area contributed by atoms with Gasteiger partial charge < -0.3 is 0 Å². The molecule has 1 aliphatic rings. The predicted molar refractivity (Wildman–Crippen MR) is 109 cm³/mol. The fourth-order valence-electron chi connectivity index (χ4n) is 3.54. The second kappa shape index (κ2) is 7.28. The average molecular weight is 361 g/mol. The second-order valence-corrected chi connectivity index (χ2v) is 8.05. The van der Waals surface area contributed by atoms with Crippen molar-refractivity contribution in [1.29, 1.82) is 0 Å². The summed E-state index contributed by atoms with van der Waals surface area (Å²) in [6.45, 7) is 8.04. The molecule has 0 radical (unpaired) electrons. The summed E-state index contributed by atoms with van der Waals surface area (Å²) >= 11 is 0. The van der Waals surface area contributed by atoms with E-state index >= 15 is 0 Å². The summed E-state index contributed by atoms with van der Waals surface area (Å²) < 4.78 is 1.63. The molecular weight excluding hydrogens is 334 g/mol. The van der Waals surface area contributed by atoms with E-state index in [4.69, 9.17) is 4.98 Å². The Bertz CT molecular complexity index is 1000. The number of pyridine rings is 1. The van der Waals surface area contributed by atoms with Gasteiger partial charge in [-0.25, -0.2) is 4.98 Å². The Morgan fingerprint density at radius 2 is 1.85 bits per heavy atom. The number of aryl methyl sites for hydroxylation is 1. The van der Waals surface area contributed by atoms with Crippen LogP contribution in [0, 0.1) is 6.92 Å². The van der Waals surface area contributed by atoms with E-state index in [1.807, 2.05) is 25.3 Å². The molecule has 2 aromatic heterocycles. The van der Waals surface area contributed by atoms with Crippen LogP contribution in [-0.2, 0) is 13.1 Å². The zero-order chi connectivity index (χ0) is 19.0. The van der Waals surface area contributed by atoms with E-state index in [0.29, 0.717) is 12.0 Å². The van der Waals surface area contributed by atoms with Crippen molar-refractivity contribution in [3.63, 3.8) is 0 Å². The van der Waals surface area contributed by atoms with Crippen molar-refractivity contribution < 1.29 is 0 Å². The van der Waals surface area contributed by atoms with Crippen LogP contribution in [0.2, 0.25) is 0 Å². The fourth-order valence-corrected chi connectivity index (χ4v) is 3.54. The molecule has 4 rings (SSSR count). The first-order chi connectivity index (χ1) is 13.0. The van der Waals surface area contributed by atoms with Crippen LogP contribution < -0.4 is 5.56 Å². The summed E-state index contributed by atoms with van der Waals surface area (Å²) in [6, 6.07) is 15.1. The molecule has 0 aliphatic heterocycles. The van der Waals surface area contributed by atoms with Crippen LogP contribution in [0.3, 0.4) is 0 Å². The van der Waals surface area contributed by atoms with Crippen molar-refractivity contribution in [3.05, 3.63) is 81.4 Å². The number of hydrogen-bond acceptors (Lipinski definition) is 3. The zero-order valence-corrected chi connectivity index (χ0v) is 16.4. The molecule has 0 spiro atoms. The lowest BCUT2D eigenvalue weighted by atomic mass is 10.0. The number of rotatable bonds is 6. The van der Waals surface area contributed by atoms with Gasteiger partial charge in [0.15, 0.2) is 0 Å². The van der Waals surface area contributed by atoms with E-state index in [1.54, 1.807) is 10.5 Å². The monoisotopic (exact) mass is 361 g/mol. The minimum atomic E-state index is -0.00395. The lowest BCUT2D eigenvalue weighted by molar-refractivity contribution is 0.243. The van der Waals surface area contributed by atoms with Crippen LogP contribution in [0.1, 0.15) is 55.0 Å². The van der Waals surface area contributed by atoms with Gasteiger partial charge in [0.25, 0.3) is 5.56 Å². The van der Waals surface area contributed by atoms with Gasteiger partial charge in [-0.2, -0.15) is 0 Å². The minimum absolute atomic E-state index is 0.00395. The van der Waals surface area contributed by atoms with E-state index < -0.39 is 0 Å². The first-order valence-corrected chi connectivity index (χ1v) is 9.81. The average Bonchev–Trinajstić information content (AvgIpc) is 3.47. The Morgan fingerprint density at radius 1 is 1.11 bits per heavy atom. The van der Waals surface area contributed by atoms with Gasteiger partial charge in [0.2, 0.25) is 0 Å². The Hall–Kier alpha value is -2.46. The molecule has 1 saturated carbocycles. The van der Waals surface area contributed by atoms with Gasteiger partial charge >= 0.3 is 0 Å². The molecule has 0 amide bonds.